The van der Waals surface area contributed by atoms with Crippen molar-refractivity contribution >= 4 is 16.5 Å². The van der Waals surface area contributed by atoms with Crippen LogP contribution in [-0.4, -0.2) is 12.0 Å². The van der Waals surface area contributed by atoms with E-state index < -0.39 is 0 Å². The van der Waals surface area contributed by atoms with Gasteiger partial charge in [0.25, 0.3) is 5.69 Å². The van der Waals surface area contributed by atoms with E-state index in [0.717, 1.165) is 16.3 Å². The van der Waals surface area contributed by atoms with Crippen LogP contribution in [0.5, 0.6) is 5.75 Å². The van der Waals surface area contributed by atoms with E-state index in [1.807, 2.05) is 42.5 Å². The largest absolute Gasteiger partial charge is 0.497 e. The Hall–Kier alpha value is -2.88. The van der Waals surface area contributed by atoms with Gasteiger partial charge in [0.05, 0.1) is 23.7 Å². The van der Waals surface area contributed by atoms with Crippen LogP contribution in [0.15, 0.2) is 60.7 Å². The molecule has 4 heteroatoms. The van der Waals surface area contributed by atoms with E-state index in [4.69, 9.17) is 4.74 Å². The van der Waals surface area contributed by atoms with Gasteiger partial charge in [0.2, 0.25) is 0 Å². The summed E-state index contributed by atoms with van der Waals surface area (Å²) < 4.78 is 5.06. The zero-order chi connectivity index (χ0) is 14.8. The van der Waals surface area contributed by atoms with Crippen LogP contribution >= 0.6 is 0 Å². The lowest BCUT2D eigenvalue weighted by Crippen LogP contribution is -1.93. The van der Waals surface area contributed by atoms with Crippen LogP contribution in [-0.2, 0) is 0 Å². The molecule has 0 unspecified atom stereocenters. The van der Waals surface area contributed by atoms with E-state index in [9.17, 15) is 10.1 Å². The standard InChI is InChI=1S/C17H13NO3/c1-21-15-8-9-16(17(11-15)18(19)20)14-7-6-12-4-2-3-5-13(12)10-14/h2-11H,1H3. The minimum atomic E-state index is -0.382. The lowest BCUT2D eigenvalue weighted by atomic mass is 10.00. The van der Waals surface area contributed by atoms with Crippen LogP contribution in [0.4, 0.5) is 5.69 Å². The second-order valence-corrected chi connectivity index (χ2v) is 4.70. The zero-order valence-corrected chi connectivity index (χ0v) is 11.4. The number of nitrogens with zero attached hydrogens (tertiary/aromatic N) is 1. The molecule has 0 saturated heterocycles. The summed E-state index contributed by atoms with van der Waals surface area (Å²) in [6, 6.07) is 18.7. The molecule has 4 nitrogen and oxygen atoms in total. The fraction of sp³-hybridized carbons (Fsp3) is 0.0588. The Morgan fingerprint density at radius 1 is 0.952 bits per heavy atom. The molecule has 0 fully saturated rings. The van der Waals surface area contributed by atoms with Crippen molar-refractivity contribution in [2.45, 2.75) is 0 Å². The van der Waals surface area contributed by atoms with Crippen molar-refractivity contribution in [3.8, 4) is 16.9 Å². The summed E-state index contributed by atoms with van der Waals surface area (Å²) in [6.07, 6.45) is 0. The Balaban J connectivity index is 2.19. The predicted octanol–water partition coefficient (Wildman–Crippen LogP) is 4.42. The zero-order valence-electron chi connectivity index (χ0n) is 11.4. The molecule has 3 aromatic carbocycles. The number of nitro benzene ring substituents is 1. The molecule has 0 saturated carbocycles. The molecule has 21 heavy (non-hydrogen) atoms. The third-order valence-corrected chi connectivity index (χ3v) is 3.46. The van der Waals surface area contributed by atoms with Gasteiger partial charge in [-0.25, -0.2) is 0 Å². The number of ether oxygens (including phenoxy) is 1. The summed E-state index contributed by atoms with van der Waals surface area (Å²) in [4.78, 5) is 10.9. The SMILES string of the molecule is COc1ccc(-c2ccc3ccccc3c2)c([N+](=O)[O-])c1. The van der Waals surface area contributed by atoms with Gasteiger partial charge in [0, 0.05) is 0 Å². The highest BCUT2D eigenvalue weighted by molar-refractivity contribution is 5.89. The Morgan fingerprint density at radius 3 is 2.43 bits per heavy atom. The smallest absolute Gasteiger partial charge is 0.280 e. The van der Waals surface area contributed by atoms with Gasteiger partial charge in [-0.1, -0.05) is 36.4 Å². The molecular formula is C17H13NO3. The fourth-order valence-electron chi connectivity index (χ4n) is 2.39. The molecule has 0 amide bonds. The van der Waals surface area contributed by atoms with Crippen molar-refractivity contribution in [1.82, 2.24) is 0 Å². The van der Waals surface area contributed by atoms with Crippen LogP contribution in [0.2, 0.25) is 0 Å². The first-order valence-electron chi connectivity index (χ1n) is 6.50. The molecule has 0 aliphatic rings. The number of benzene rings is 3. The second kappa shape index (κ2) is 5.25. The molecule has 0 aliphatic heterocycles. The van der Waals surface area contributed by atoms with Gasteiger partial charge in [0.15, 0.2) is 0 Å². The lowest BCUT2D eigenvalue weighted by Gasteiger charge is -2.07. The van der Waals surface area contributed by atoms with Gasteiger partial charge in [-0.05, 0) is 34.5 Å². The fourth-order valence-corrected chi connectivity index (χ4v) is 2.39. The maximum atomic E-state index is 11.3. The van der Waals surface area contributed by atoms with Gasteiger partial charge in [-0.3, -0.25) is 10.1 Å². The average molecular weight is 279 g/mol. The molecule has 3 rings (SSSR count). The van der Waals surface area contributed by atoms with Crippen LogP contribution in [0.1, 0.15) is 0 Å². The topological polar surface area (TPSA) is 52.4 Å². The summed E-state index contributed by atoms with van der Waals surface area (Å²) in [5, 5.41) is 13.4. The molecule has 0 heterocycles. The van der Waals surface area contributed by atoms with E-state index in [1.54, 1.807) is 12.1 Å². The molecule has 0 radical (unpaired) electrons. The van der Waals surface area contributed by atoms with Gasteiger partial charge >= 0.3 is 0 Å². The average Bonchev–Trinajstić information content (AvgIpc) is 2.53. The summed E-state index contributed by atoms with van der Waals surface area (Å²) in [5.41, 5.74) is 1.46. The minimum Gasteiger partial charge on any atom is -0.497 e. The Morgan fingerprint density at radius 2 is 1.71 bits per heavy atom. The van der Waals surface area contributed by atoms with Crippen molar-refractivity contribution in [3.05, 3.63) is 70.8 Å². The number of rotatable bonds is 3. The van der Waals surface area contributed by atoms with Crippen molar-refractivity contribution in [1.29, 1.82) is 0 Å². The summed E-state index contributed by atoms with van der Waals surface area (Å²) in [6.45, 7) is 0. The first kappa shape index (κ1) is 13.1. The highest BCUT2D eigenvalue weighted by atomic mass is 16.6. The van der Waals surface area contributed by atoms with Crippen molar-refractivity contribution in [2.75, 3.05) is 7.11 Å². The molecule has 104 valence electrons. The molecule has 0 N–H and O–H groups in total. The first-order valence-corrected chi connectivity index (χ1v) is 6.50. The molecule has 3 aromatic rings. The second-order valence-electron chi connectivity index (χ2n) is 4.70. The molecular weight excluding hydrogens is 266 g/mol. The summed E-state index contributed by atoms with van der Waals surface area (Å²) >= 11 is 0. The van der Waals surface area contributed by atoms with Gasteiger partial charge in [-0.2, -0.15) is 0 Å². The summed E-state index contributed by atoms with van der Waals surface area (Å²) in [5.74, 6) is 0.478. The van der Waals surface area contributed by atoms with Gasteiger partial charge < -0.3 is 4.74 Å². The number of hydrogen-bond acceptors (Lipinski definition) is 3. The Kier molecular flexibility index (Phi) is 3.28. The maximum Gasteiger partial charge on any atom is 0.280 e. The number of fused-ring (bicyclic) bond motifs is 1. The van der Waals surface area contributed by atoms with Gasteiger partial charge in [0.1, 0.15) is 5.75 Å². The van der Waals surface area contributed by atoms with Crippen LogP contribution < -0.4 is 4.74 Å². The third-order valence-electron chi connectivity index (χ3n) is 3.46. The third kappa shape index (κ3) is 2.43. The van der Waals surface area contributed by atoms with Crippen LogP contribution in [0.3, 0.4) is 0 Å². The van der Waals surface area contributed by atoms with Crippen LogP contribution in [0.25, 0.3) is 21.9 Å². The van der Waals surface area contributed by atoms with Crippen molar-refractivity contribution in [2.24, 2.45) is 0 Å². The van der Waals surface area contributed by atoms with E-state index in [1.165, 1.54) is 13.2 Å². The van der Waals surface area contributed by atoms with Crippen LogP contribution in [0, 0.1) is 10.1 Å². The number of methoxy groups -OCH3 is 1. The minimum absolute atomic E-state index is 0.0460. The number of hydrogen-bond donors (Lipinski definition) is 0. The molecule has 0 bridgehead atoms. The predicted molar refractivity (Wildman–Crippen MR) is 82.6 cm³/mol. The van der Waals surface area contributed by atoms with Crippen molar-refractivity contribution < 1.29 is 9.66 Å². The Bertz CT molecular complexity index is 827. The lowest BCUT2D eigenvalue weighted by molar-refractivity contribution is -0.384. The molecule has 0 atom stereocenters. The van der Waals surface area contributed by atoms with E-state index in [-0.39, 0.29) is 10.6 Å². The maximum absolute atomic E-state index is 11.3. The summed E-state index contributed by atoms with van der Waals surface area (Å²) in [7, 11) is 1.49. The molecule has 0 aliphatic carbocycles. The first-order chi connectivity index (χ1) is 10.2. The molecule has 0 aromatic heterocycles. The van der Waals surface area contributed by atoms with E-state index in [2.05, 4.69) is 0 Å². The molecule has 0 spiro atoms. The quantitative estimate of drug-likeness (QED) is 0.526. The normalized spacial score (nSPS) is 10.5. The highest BCUT2D eigenvalue weighted by Gasteiger charge is 2.16. The van der Waals surface area contributed by atoms with E-state index >= 15 is 0 Å². The van der Waals surface area contributed by atoms with Crippen molar-refractivity contribution in [3.63, 3.8) is 0 Å². The highest BCUT2D eigenvalue weighted by Crippen LogP contribution is 2.34. The monoisotopic (exact) mass is 279 g/mol. The van der Waals surface area contributed by atoms with Gasteiger partial charge in [-0.15, -0.1) is 0 Å². The number of nitro groups is 1. The van der Waals surface area contributed by atoms with E-state index in [0.29, 0.717) is 11.3 Å². The Labute approximate surface area is 121 Å².